The highest BCUT2D eigenvalue weighted by atomic mass is 35.5. The highest BCUT2D eigenvalue weighted by molar-refractivity contribution is 6.31. The van der Waals surface area contributed by atoms with Crippen LogP contribution in [0, 0.1) is 12.3 Å². The van der Waals surface area contributed by atoms with E-state index in [4.69, 9.17) is 11.6 Å². The van der Waals surface area contributed by atoms with Crippen molar-refractivity contribution in [2.75, 3.05) is 13.1 Å². The van der Waals surface area contributed by atoms with Crippen molar-refractivity contribution in [2.45, 2.75) is 53.4 Å². The number of halogens is 1. The summed E-state index contributed by atoms with van der Waals surface area (Å²) in [4.78, 5) is 0. The van der Waals surface area contributed by atoms with Gasteiger partial charge in [0.1, 0.15) is 0 Å². The summed E-state index contributed by atoms with van der Waals surface area (Å²) in [7, 11) is 1.99. The van der Waals surface area contributed by atoms with Crippen LogP contribution < -0.4 is 5.32 Å². The normalized spacial score (nSPS) is 14.6. The van der Waals surface area contributed by atoms with Gasteiger partial charge in [0.2, 0.25) is 0 Å². The zero-order valence-electron chi connectivity index (χ0n) is 13.0. The second-order valence-electron chi connectivity index (χ2n) is 5.88. The summed E-state index contributed by atoms with van der Waals surface area (Å²) in [6, 6.07) is 0. The van der Waals surface area contributed by atoms with Crippen LogP contribution in [0.4, 0.5) is 0 Å². The average molecular weight is 286 g/mol. The SMILES string of the molecule is CCCNCC(C)(CCC)Cc1c(Cl)c(C)nn1C. The Hall–Kier alpha value is -0.540. The van der Waals surface area contributed by atoms with E-state index < -0.39 is 0 Å². The highest BCUT2D eigenvalue weighted by Crippen LogP contribution is 2.31. The number of hydrogen-bond donors (Lipinski definition) is 1. The summed E-state index contributed by atoms with van der Waals surface area (Å²) in [5.41, 5.74) is 2.33. The predicted molar refractivity (Wildman–Crippen MR) is 82.8 cm³/mol. The Morgan fingerprint density at radius 2 is 2.00 bits per heavy atom. The molecule has 0 aliphatic rings. The molecule has 0 saturated carbocycles. The van der Waals surface area contributed by atoms with E-state index in [1.807, 2.05) is 18.7 Å². The van der Waals surface area contributed by atoms with E-state index in [0.717, 1.165) is 35.9 Å². The Kier molecular flexibility index (Phi) is 6.34. The van der Waals surface area contributed by atoms with Gasteiger partial charge in [-0.2, -0.15) is 5.10 Å². The first-order valence-electron chi connectivity index (χ1n) is 7.32. The first kappa shape index (κ1) is 16.5. The van der Waals surface area contributed by atoms with Crippen LogP contribution in [-0.4, -0.2) is 22.9 Å². The molecule has 0 amide bonds. The highest BCUT2D eigenvalue weighted by Gasteiger charge is 2.26. The third-order valence-corrected chi connectivity index (χ3v) is 4.18. The Morgan fingerprint density at radius 1 is 1.32 bits per heavy atom. The van der Waals surface area contributed by atoms with Crippen molar-refractivity contribution in [3.05, 3.63) is 16.4 Å². The summed E-state index contributed by atoms with van der Waals surface area (Å²) in [6.07, 6.45) is 4.55. The van der Waals surface area contributed by atoms with Crippen LogP contribution >= 0.6 is 11.6 Å². The quantitative estimate of drug-likeness (QED) is 0.738. The van der Waals surface area contributed by atoms with Gasteiger partial charge in [-0.25, -0.2) is 0 Å². The van der Waals surface area contributed by atoms with Gasteiger partial charge in [0.25, 0.3) is 0 Å². The molecule has 0 radical (unpaired) electrons. The van der Waals surface area contributed by atoms with E-state index >= 15 is 0 Å². The van der Waals surface area contributed by atoms with Gasteiger partial charge in [0.05, 0.1) is 16.4 Å². The monoisotopic (exact) mass is 285 g/mol. The number of aromatic nitrogens is 2. The zero-order valence-corrected chi connectivity index (χ0v) is 13.8. The Balaban J connectivity index is 2.81. The van der Waals surface area contributed by atoms with E-state index in [0.29, 0.717) is 0 Å². The number of aryl methyl sites for hydroxylation is 2. The first-order chi connectivity index (χ1) is 8.93. The van der Waals surface area contributed by atoms with Crippen LogP contribution in [0.3, 0.4) is 0 Å². The lowest BCUT2D eigenvalue weighted by atomic mass is 9.81. The minimum Gasteiger partial charge on any atom is -0.316 e. The molecular weight excluding hydrogens is 258 g/mol. The Bertz CT molecular complexity index is 400. The van der Waals surface area contributed by atoms with Gasteiger partial charge in [-0.3, -0.25) is 4.68 Å². The van der Waals surface area contributed by atoms with Crippen molar-refractivity contribution in [1.82, 2.24) is 15.1 Å². The fourth-order valence-electron chi connectivity index (χ4n) is 2.69. The standard InChI is InChI=1S/C15H28ClN3/c1-6-8-15(4,11-17-9-7-2)10-13-14(16)12(3)18-19(13)5/h17H,6-11H2,1-5H3. The van der Waals surface area contributed by atoms with E-state index in [2.05, 4.69) is 31.2 Å². The third kappa shape index (κ3) is 4.50. The Labute approximate surface area is 122 Å². The molecule has 0 fully saturated rings. The molecule has 1 N–H and O–H groups in total. The van der Waals surface area contributed by atoms with Crippen LogP contribution in [0.25, 0.3) is 0 Å². The molecule has 1 aromatic rings. The molecule has 0 saturated heterocycles. The second-order valence-corrected chi connectivity index (χ2v) is 6.26. The molecule has 19 heavy (non-hydrogen) atoms. The van der Waals surface area contributed by atoms with Crippen LogP contribution in [0.15, 0.2) is 0 Å². The zero-order chi connectivity index (χ0) is 14.5. The number of rotatable bonds is 8. The van der Waals surface area contributed by atoms with Crippen molar-refractivity contribution >= 4 is 11.6 Å². The smallest absolute Gasteiger partial charge is 0.0847 e. The van der Waals surface area contributed by atoms with Crippen LogP contribution in [-0.2, 0) is 13.5 Å². The van der Waals surface area contributed by atoms with Crippen molar-refractivity contribution in [3.8, 4) is 0 Å². The summed E-state index contributed by atoms with van der Waals surface area (Å²) < 4.78 is 1.94. The maximum atomic E-state index is 6.38. The molecule has 0 aliphatic heterocycles. The molecule has 1 aromatic heterocycles. The second kappa shape index (κ2) is 7.30. The minimum atomic E-state index is 0.244. The van der Waals surface area contributed by atoms with Crippen molar-refractivity contribution in [2.24, 2.45) is 12.5 Å². The summed E-state index contributed by atoms with van der Waals surface area (Å²) in [6.45, 7) is 10.9. The average Bonchev–Trinajstić information content (AvgIpc) is 2.57. The van der Waals surface area contributed by atoms with Crippen LogP contribution in [0.5, 0.6) is 0 Å². The van der Waals surface area contributed by atoms with Crippen molar-refractivity contribution < 1.29 is 0 Å². The van der Waals surface area contributed by atoms with Gasteiger partial charge in [-0.1, -0.05) is 38.8 Å². The van der Waals surface area contributed by atoms with Gasteiger partial charge < -0.3 is 5.32 Å². The molecule has 0 aromatic carbocycles. The van der Waals surface area contributed by atoms with E-state index in [1.165, 1.54) is 19.3 Å². The molecule has 1 rings (SSSR count). The molecule has 4 heteroatoms. The van der Waals surface area contributed by atoms with Crippen molar-refractivity contribution in [3.63, 3.8) is 0 Å². The molecule has 0 aliphatic carbocycles. The minimum absolute atomic E-state index is 0.244. The van der Waals surface area contributed by atoms with Gasteiger partial charge >= 0.3 is 0 Å². The number of nitrogens with zero attached hydrogens (tertiary/aromatic N) is 2. The van der Waals surface area contributed by atoms with Crippen molar-refractivity contribution in [1.29, 1.82) is 0 Å². The number of nitrogens with one attached hydrogen (secondary N) is 1. The molecule has 1 heterocycles. The predicted octanol–water partition coefficient (Wildman–Crippen LogP) is 3.73. The lowest BCUT2D eigenvalue weighted by Gasteiger charge is -2.30. The molecular formula is C15H28ClN3. The summed E-state index contributed by atoms with van der Waals surface area (Å²) in [5, 5.41) is 8.80. The number of hydrogen-bond acceptors (Lipinski definition) is 2. The summed E-state index contributed by atoms with van der Waals surface area (Å²) in [5.74, 6) is 0. The molecule has 1 unspecified atom stereocenters. The van der Waals surface area contributed by atoms with Gasteiger partial charge in [-0.15, -0.1) is 0 Å². The van der Waals surface area contributed by atoms with Crippen LogP contribution in [0.1, 0.15) is 51.4 Å². The van der Waals surface area contributed by atoms with Gasteiger partial charge in [0, 0.05) is 13.6 Å². The van der Waals surface area contributed by atoms with Crippen LogP contribution in [0.2, 0.25) is 5.02 Å². The molecule has 110 valence electrons. The van der Waals surface area contributed by atoms with Gasteiger partial charge in [-0.05, 0) is 38.1 Å². The largest absolute Gasteiger partial charge is 0.316 e. The topological polar surface area (TPSA) is 29.9 Å². The maximum absolute atomic E-state index is 6.38. The summed E-state index contributed by atoms with van der Waals surface area (Å²) >= 11 is 6.38. The Morgan fingerprint density at radius 3 is 2.47 bits per heavy atom. The molecule has 0 bridgehead atoms. The third-order valence-electron chi connectivity index (χ3n) is 3.69. The van der Waals surface area contributed by atoms with E-state index in [9.17, 15) is 0 Å². The molecule has 3 nitrogen and oxygen atoms in total. The first-order valence-corrected chi connectivity index (χ1v) is 7.70. The maximum Gasteiger partial charge on any atom is 0.0847 e. The fraction of sp³-hybridized carbons (Fsp3) is 0.800. The lowest BCUT2D eigenvalue weighted by molar-refractivity contribution is 0.270. The van der Waals surface area contributed by atoms with E-state index in [-0.39, 0.29) is 5.41 Å². The molecule has 1 atom stereocenters. The fourth-order valence-corrected chi connectivity index (χ4v) is 2.91. The lowest BCUT2D eigenvalue weighted by Crippen LogP contribution is -2.34. The molecule has 0 spiro atoms. The van der Waals surface area contributed by atoms with E-state index in [1.54, 1.807) is 0 Å². The van der Waals surface area contributed by atoms with Gasteiger partial charge in [0.15, 0.2) is 0 Å².